The van der Waals surface area contributed by atoms with Gasteiger partial charge in [-0.05, 0) is 56.3 Å². The summed E-state index contributed by atoms with van der Waals surface area (Å²) in [5.74, 6) is 0.353. The zero-order valence-electron chi connectivity index (χ0n) is 12.1. The molecule has 5 nitrogen and oxygen atoms in total. The predicted octanol–water partition coefficient (Wildman–Crippen LogP) is 1.81. The summed E-state index contributed by atoms with van der Waals surface area (Å²) in [6, 6.07) is 7.23. The molecule has 5 heteroatoms. The van der Waals surface area contributed by atoms with Crippen LogP contribution < -0.4 is 15.8 Å². The van der Waals surface area contributed by atoms with Crippen LogP contribution in [0.4, 0.5) is 5.69 Å². The molecule has 1 aromatic carbocycles. The number of hydrogen-bond acceptors (Lipinski definition) is 5. The van der Waals surface area contributed by atoms with E-state index in [1.807, 2.05) is 12.1 Å². The summed E-state index contributed by atoms with van der Waals surface area (Å²) in [5, 5.41) is 3.09. The van der Waals surface area contributed by atoms with Gasteiger partial charge in [-0.2, -0.15) is 0 Å². The highest BCUT2D eigenvalue weighted by molar-refractivity contribution is 6.17. The Morgan fingerprint density at radius 2 is 1.81 bits per heavy atom. The van der Waals surface area contributed by atoms with Crippen LogP contribution in [0, 0.1) is 0 Å². The van der Waals surface area contributed by atoms with Gasteiger partial charge >= 0.3 is 0 Å². The molecule has 1 aliphatic rings. The molecule has 21 heavy (non-hydrogen) atoms. The van der Waals surface area contributed by atoms with Crippen molar-refractivity contribution in [2.45, 2.75) is 19.6 Å². The molecule has 0 spiro atoms. The number of ketones is 2. The van der Waals surface area contributed by atoms with Gasteiger partial charge in [0.25, 0.3) is 0 Å². The zero-order valence-corrected chi connectivity index (χ0v) is 12.1. The fraction of sp³-hybridized carbons (Fsp3) is 0.250. The molecule has 1 aliphatic carbocycles. The number of hydrogen-bond donors (Lipinski definition) is 2. The Morgan fingerprint density at radius 1 is 1.14 bits per heavy atom. The highest BCUT2D eigenvalue weighted by atomic mass is 16.5. The van der Waals surface area contributed by atoms with Crippen LogP contribution in [0.25, 0.3) is 0 Å². The Balaban J connectivity index is 1.95. The topological polar surface area (TPSA) is 81.4 Å². The largest absolute Gasteiger partial charge is 0.474 e. The maximum Gasteiger partial charge on any atom is 0.183 e. The van der Waals surface area contributed by atoms with E-state index in [2.05, 4.69) is 5.32 Å². The van der Waals surface area contributed by atoms with Crippen LogP contribution in [-0.2, 0) is 9.59 Å². The Bertz CT molecular complexity index is 607. The second-order valence-corrected chi connectivity index (χ2v) is 5.35. The van der Waals surface area contributed by atoms with Crippen molar-refractivity contribution in [3.63, 3.8) is 0 Å². The highest BCUT2D eigenvalue weighted by Gasteiger charge is 2.13. The fourth-order valence-electron chi connectivity index (χ4n) is 1.84. The average molecular weight is 286 g/mol. The Kier molecular flexibility index (Phi) is 4.23. The van der Waals surface area contributed by atoms with Gasteiger partial charge in [0.05, 0.1) is 0 Å². The minimum atomic E-state index is -0.735. The van der Waals surface area contributed by atoms with Crippen LogP contribution in [-0.4, -0.2) is 23.8 Å². The number of rotatable bonds is 5. The molecule has 0 aliphatic heterocycles. The van der Waals surface area contributed by atoms with Crippen molar-refractivity contribution < 1.29 is 14.3 Å². The van der Waals surface area contributed by atoms with Crippen LogP contribution in [0.2, 0.25) is 0 Å². The molecule has 0 heterocycles. The molecule has 2 rings (SSSR count). The average Bonchev–Trinajstić information content (AvgIpc) is 2.40. The third-order valence-corrected chi connectivity index (χ3v) is 2.75. The van der Waals surface area contributed by atoms with E-state index in [1.165, 1.54) is 18.2 Å². The van der Waals surface area contributed by atoms with Gasteiger partial charge in [0.15, 0.2) is 17.3 Å². The van der Waals surface area contributed by atoms with Gasteiger partial charge in [-0.1, -0.05) is 0 Å². The van der Waals surface area contributed by atoms with Gasteiger partial charge < -0.3 is 10.1 Å². The third-order valence-electron chi connectivity index (χ3n) is 2.75. The molecule has 1 aromatic rings. The van der Waals surface area contributed by atoms with Gasteiger partial charge in [0, 0.05) is 17.8 Å². The van der Waals surface area contributed by atoms with Crippen LogP contribution in [0.1, 0.15) is 13.8 Å². The summed E-state index contributed by atoms with van der Waals surface area (Å²) in [4.78, 5) is 22.8. The van der Waals surface area contributed by atoms with Gasteiger partial charge in [0.2, 0.25) is 0 Å². The summed E-state index contributed by atoms with van der Waals surface area (Å²) in [6.45, 7) is 3.84. The molecule has 110 valence electrons. The Hall–Kier alpha value is -2.40. The van der Waals surface area contributed by atoms with Crippen molar-refractivity contribution in [1.82, 2.24) is 0 Å². The van der Waals surface area contributed by atoms with E-state index in [4.69, 9.17) is 10.5 Å². The lowest BCUT2D eigenvalue weighted by Crippen LogP contribution is -2.38. The summed E-state index contributed by atoms with van der Waals surface area (Å²) in [6.07, 6.45) is 3.91. The molecule has 0 bridgehead atoms. The number of anilines is 1. The quantitative estimate of drug-likeness (QED) is 0.637. The first-order valence-electron chi connectivity index (χ1n) is 6.62. The first-order chi connectivity index (χ1) is 9.83. The van der Waals surface area contributed by atoms with E-state index in [-0.39, 0.29) is 11.6 Å². The Labute approximate surface area is 123 Å². The summed E-state index contributed by atoms with van der Waals surface area (Å²) < 4.78 is 5.51. The molecule has 0 radical (unpaired) electrons. The number of nitrogens with two attached hydrogens (primary N) is 1. The first kappa shape index (κ1) is 15.0. The number of allylic oxidation sites excluding steroid dienone is 3. The van der Waals surface area contributed by atoms with Crippen LogP contribution in [0.3, 0.4) is 0 Å². The minimum absolute atomic E-state index is 0.146. The number of ether oxygens (including phenoxy) is 1. The van der Waals surface area contributed by atoms with E-state index in [1.54, 1.807) is 26.0 Å². The molecule has 0 saturated carbocycles. The first-order valence-corrected chi connectivity index (χ1v) is 6.62. The van der Waals surface area contributed by atoms with E-state index in [0.29, 0.717) is 17.9 Å². The summed E-state index contributed by atoms with van der Waals surface area (Å²) in [7, 11) is 0. The van der Waals surface area contributed by atoms with Gasteiger partial charge in [-0.15, -0.1) is 0 Å². The molecule has 0 amide bonds. The number of benzene rings is 1. The fourth-order valence-corrected chi connectivity index (χ4v) is 1.84. The van der Waals surface area contributed by atoms with Crippen molar-refractivity contribution >= 4 is 17.3 Å². The zero-order chi connectivity index (χ0) is 15.5. The summed E-state index contributed by atoms with van der Waals surface area (Å²) >= 11 is 0. The molecule has 0 atom stereocenters. The van der Waals surface area contributed by atoms with Crippen molar-refractivity contribution in [2.75, 3.05) is 11.9 Å². The van der Waals surface area contributed by atoms with E-state index in [0.717, 1.165) is 5.69 Å². The van der Waals surface area contributed by atoms with Crippen molar-refractivity contribution in [3.8, 4) is 5.75 Å². The molecular formula is C16H18N2O3. The lowest BCUT2D eigenvalue weighted by Gasteiger charge is -2.21. The van der Waals surface area contributed by atoms with E-state index >= 15 is 0 Å². The lowest BCUT2D eigenvalue weighted by atomic mass is 10.0. The molecule has 0 aromatic heterocycles. The second-order valence-electron chi connectivity index (χ2n) is 5.35. The smallest absolute Gasteiger partial charge is 0.183 e. The molecule has 0 fully saturated rings. The summed E-state index contributed by atoms with van der Waals surface area (Å²) in [5.41, 5.74) is 6.31. The maximum absolute atomic E-state index is 11.6. The van der Waals surface area contributed by atoms with Gasteiger partial charge in [0.1, 0.15) is 5.75 Å². The molecule has 0 unspecified atom stereocenters. The van der Waals surface area contributed by atoms with E-state index in [9.17, 15) is 9.59 Å². The predicted molar refractivity (Wildman–Crippen MR) is 81.1 cm³/mol. The van der Waals surface area contributed by atoms with Crippen molar-refractivity contribution in [2.24, 2.45) is 5.73 Å². The monoisotopic (exact) mass is 286 g/mol. The normalized spacial score (nSPS) is 14.9. The molecular weight excluding hydrogens is 268 g/mol. The molecule has 3 N–H and O–H groups in total. The van der Waals surface area contributed by atoms with Crippen LogP contribution in [0.15, 0.2) is 48.1 Å². The lowest BCUT2D eigenvalue weighted by molar-refractivity contribution is -0.114. The van der Waals surface area contributed by atoms with Crippen LogP contribution >= 0.6 is 0 Å². The van der Waals surface area contributed by atoms with Gasteiger partial charge in [-0.3, -0.25) is 15.3 Å². The molecule has 0 saturated heterocycles. The van der Waals surface area contributed by atoms with E-state index < -0.39 is 5.72 Å². The van der Waals surface area contributed by atoms with Crippen molar-refractivity contribution in [1.29, 1.82) is 0 Å². The maximum atomic E-state index is 11.6. The second kappa shape index (κ2) is 5.93. The standard InChI is InChI=1S/C16H18N2O3/c1-16(2,17)21-14-6-3-12(4-7-14)18-10-11-9-13(19)5-8-15(11)20/h3-9,18H,10,17H2,1-2H3. The van der Waals surface area contributed by atoms with Crippen LogP contribution in [0.5, 0.6) is 5.75 Å². The minimum Gasteiger partial charge on any atom is -0.474 e. The number of nitrogens with one attached hydrogen (secondary N) is 1. The number of carbonyl (C=O) groups excluding carboxylic acids is 2. The highest BCUT2D eigenvalue weighted by Crippen LogP contribution is 2.19. The van der Waals surface area contributed by atoms with Crippen molar-refractivity contribution in [3.05, 3.63) is 48.1 Å². The SMILES string of the molecule is CC(C)(N)Oc1ccc(NCC2=CC(=O)C=CC2=O)cc1. The van der Waals surface area contributed by atoms with Gasteiger partial charge in [-0.25, -0.2) is 0 Å². The number of carbonyl (C=O) groups is 2. The third kappa shape index (κ3) is 4.57. The Morgan fingerprint density at radius 3 is 2.43 bits per heavy atom.